The zero-order valence-corrected chi connectivity index (χ0v) is 16.1. The summed E-state index contributed by atoms with van der Waals surface area (Å²) < 4.78 is 6.84. The third-order valence-corrected chi connectivity index (χ3v) is 5.22. The Labute approximate surface area is 163 Å². The Morgan fingerprint density at radius 2 is 2.11 bits per heavy atom. The number of aromatic nitrogens is 3. The van der Waals surface area contributed by atoms with Gasteiger partial charge in [0, 0.05) is 68.9 Å². The summed E-state index contributed by atoms with van der Waals surface area (Å²) in [6.45, 7) is 4.76. The third-order valence-electron chi connectivity index (χ3n) is 5.22. The quantitative estimate of drug-likeness (QED) is 0.813. The summed E-state index contributed by atoms with van der Waals surface area (Å²) in [6.07, 6.45) is 5.87. The number of rotatable bonds is 3. The summed E-state index contributed by atoms with van der Waals surface area (Å²) in [5.74, 6) is 0. The molecular weight excluding hydrogens is 356 g/mol. The number of ether oxygens (including phenoxy) is 1. The van der Waals surface area contributed by atoms with Crippen molar-refractivity contribution in [2.75, 3.05) is 37.7 Å². The van der Waals surface area contributed by atoms with E-state index >= 15 is 0 Å². The Morgan fingerprint density at radius 3 is 2.75 bits per heavy atom. The smallest absolute Gasteiger partial charge is 0.409 e. The van der Waals surface area contributed by atoms with Crippen molar-refractivity contribution in [3.8, 4) is 6.07 Å². The molecule has 1 aliphatic heterocycles. The first kappa shape index (κ1) is 18.0. The predicted octanol–water partition coefficient (Wildman–Crippen LogP) is 2.08. The molecule has 4 rings (SSSR count). The number of carbonyl (C=O) groups excluding carboxylic acids is 1. The van der Waals surface area contributed by atoms with Crippen LogP contribution in [0.4, 0.5) is 10.5 Å². The van der Waals surface area contributed by atoms with Crippen molar-refractivity contribution in [1.29, 1.82) is 5.26 Å². The summed E-state index contributed by atoms with van der Waals surface area (Å²) in [6, 6.07) is 4.35. The molecule has 8 nitrogen and oxygen atoms in total. The van der Waals surface area contributed by atoms with Crippen LogP contribution in [-0.4, -0.2) is 58.5 Å². The molecule has 1 aliphatic carbocycles. The van der Waals surface area contributed by atoms with Gasteiger partial charge in [-0.25, -0.2) is 4.79 Å². The fourth-order valence-electron chi connectivity index (χ4n) is 3.86. The van der Waals surface area contributed by atoms with Gasteiger partial charge in [0.1, 0.15) is 6.07 Å². The van der Waals surface area contributed by atoms with Crippen LogP contribution in [0.5, 0.6) is 0 Å². The van der Waals surface area contributed by atoms with Gasteiger partial charge in [-0.05, 0) is 18.6 Å². The molecular formula is C20H22N6O2. The van der Waals surface area contributed by atoms with E-state index in [1.807, 2.05) is 26.2 Å². The molecule has 2 aromatic rings. The van der Waals surface area contributed by atoms with E-state index in [1.54, 1.807) is 22.0 Å². The van der Waals surface area contributed by atoms with Crippen LogP contribution in [0.25, 0.3) is 11.1 Å². The fraction of sp³-hybridized carbons (Fsp3) is 0.400. The van der Waals surface area contributed by atoms with Gasteiger partial charge in [-0.2, -0.15) is 10.4 Å². The van der Waals surface area contributed by atoms with Crippen molar-refractivity contribution in [3.05, 3.63) is 41.5 Å². The number of piperazine rings is 1. The molecule has 0 bridgehead atoms. The Bertz CT molecular complexity index is 979. The van der Waals surface area contributed by atoms with E-state index in [0.29, 0.717) is 44.8 Å². The molecule has 0 aromatic carbocycles. The molecule has 1 saturated heterocycles. The summed E-state index contributed by atoms with van der Waals surface area (Å²) in [7, 11) is 1.87. The average molecular weight is 378 g/mol. The second-order valence-electron chi connectivity index (χ2n) is 6.87. The first-order valence-electron chi connectivity index (χ1n) is 9.39. The number of amides is 1. The lowest BCUT2D eigenvalue weighted by Crippen LogP contribution is -2.49. The van der Waals surface area contributed by atoms with Gasteiger partial charge in [0.25, 0.3) is 0 Å². The summed E-state index contributed by atoms with van der Waals surface area (Å²) in [4.78, 5) is 20.4. The van der Waals surface area contributed by atoms with E-state index in [2.05, 4.69) is 21.1 Å². The van der Waals surface area contributed by atoms with Crippen LogP contribution in [0.1, 0.15) is 23.7 Å². The van der Waals surface area contributed by atoms with Gasteiger partial charge in [0.15, 0.2) is 0 Å². The maximum absolute atomic E-state index is 11.9. The minimum atomic E-state index is -0.265. The second-order valence-corrected chi connectivity index (χ2v) is 6.87. The van der Waals surface area contributed by atoms with Gasteiger partial charge >= 0.3 is 6.09 Å². The highest BCUT2D eigenvalue weighted by Gasteiger charge is 2.30. The molecule has 0 atom stereocenters. The number of nitrogens with zero attached hydrogens (tertiary/aromatic N) is 6. The van der Waals surface area contributed by atoms with Crippen LogP contribution in [0.3, 0.4) is 0 Å². The summed E-state index contributed by atoms with van der Waals surface area (Å²) in [5, 5.41) is 14.1. The molecule has 1 amide bonds. The number of carbonyl (C=O) groups is 1. The minimum absolute atomic E-state index is 0.265. The molecule has 1 fully saturated rings. The first-order chi connectivity index (χ1) is 13.6. The molecule has 144 valence electrons. The highest BCUT2D eigenvalue weighted by molar-refractivity contribution is 6.05. The van der Waals surface area contributed by atoms with Crippen LogP contribution in [-0.2, 0) is 18.2 Å². The highest BCUT2D eigenvalue weighted by atomic mass is 16.6. The van der Waals surface area contributed by atoms with Crippen LogP contribution in [0.2, 0.25) is 0 Å². The maximum Gasteiger partial charge on any atom is 0.409 e. The van der Waals surface area contributed by atoms with E-state index < -0.39 is 0 Å². The lowest BCUT2D eigenvalue weighted by Gasteiger charge is -2.36. The van der Waals surface area contributed by atoms with Crippen molar-refractivity contribution in [2.45, 2.75) is 13.3 Å². The van der Waals surface area contributed by atoms with E-state index in [4.69, 9.17) is 4.74 Å². The molecule has 0 saturated carbocycles. The van der Waals surface area contributed by atoms with Gasteiger partial charge in [-0.3, -0.25) is 9.67 Å². The van der Waals surface area contributed by atoms with Crippen molar-refractivity contribution >= 4 is 22.9 Å². The van der Waals surface area contributed by atoms with E-state index in [1.165, 1.54) is 0 Å². The number of allylic oxidation sites excluding steroid dienone is 2. The van der Waals surface area contributed by atoms with Crippen molar-refractivity contribution < 1.29 is 9.53 Å². The predicted molar refractivity (Wildman–Crippen MR) is 104 cm³/mol. The zero-order valence-electron chi connectivity index (χ0n) is 16.1. The summed E-state index contributed by atoms with van der Waals surface area (Å²) >= 11 is 0. The SMILES string of the molecule is CCOC(=O)N1CCN(c2ccnc3c2C(C#N)=C(c2cnn(C)c2)C3)CC1. The van der Waals surface area contributed by atoms with Crippen LogP contribution >= 0.6 is 0 Å². The monoisotopic (exact) mass is 378 g/mol. The Morgan fingerprint density at radius 1 is 1.32 bits per heavy atom. The van der Waals surface area contributed by atoms with E-state index in [0.717, 1.165) is 28.1 Å². The number of anilines is 1. The van der Waals surface area contributed by atoms with Gasteiger partial charge in [-0.1, -0.05) is 0 Å². The van der Waals surface area contributed by atoms with Gasteiger partial charge in [0.2, 0.25) is 0 Å². The molecule has 28 heavy (non-hydrogen) atoms. The molecule has 2 aromatic heterocycles. The number of pyridine rings is 1. The molecule has 0 radical (unpaired) electrons. The normalized spacial score (nSPS) is 16.2. The van der Waals surface area contributed by atoms with Gasteiger partial charge in [-0.15, -0.1) is 0 Å². The highest BCUT2D eigenvalue weighted by Crippen LogP contribution is 2.42. The second kappa shape index (κ2) is 7.35. The van der Waals surface area contributed by atoms with Gasteiger partial charge in [0.05, 0.1) is 24.1 Å². The van der Waals surface area contributed by atoms with E-state index in [-0.39, 0.29) is 6.09 Å². The molecule has 0 unspecified atom stereocenters. The molecule has 3 heterocycles. The standard InChI is InChI=1S/C20H22N6O2/c1-3-28-20(27)26-8-6-25(7-9-26)18-4-5-22-17-10-15(16(11-21)19(17)18)14-12-23-24(2)13-14/h4-5,12-13H,3,6-10H2,1-2H3. The fourth-order valence-corrected chi connectivity index (χ4v) is 3.86. The number of hydrogen-bond donors (Lipinski definition) is 0. The first-order valence-corrected chi connectivity index (χ1v) is 9.39. The number of nitriles is 1. The van der Waals surface area contributed by atoms with E-state index in [9.17, 15) is 10.1 Å². The Kier molecular flexibility index (Phi) is 4.74. The van der Waals surface area contributed by atoms with Crippen molar-refractivity contribution in [1.82, 2.24) is 19.7 Å². The number of hydrogen-bond acceptors (Lipinski definition) is 6. The van der Waals surface area contributed by atoms with Crippen molar-refractivity contribution in [2.24, 2.45) is 7.05 Å². The average Bonchev–Trinajstić information content (AvgIpc) is 3.31. The third kappa shape index (κ3) is 3.09. The van der Waals surface area contributed by atoms with Crippen molar-refractivity contribution in [3.63, 3.8) is 0 Å². The van der Waals surface area contributed by atoms with Crippen LogP contribution in [0, 0.1) is 11.3 Å². The molecule has 0 N–H and O–H groups in total. The van der Waals surface area contributed by atoms with Gasteiger partial charge < -0.3 is 14.5 Å². The number of aryl methyl sites for hydroxylation is 1. The summed E-state index contributed by atoms with van der Waals surface area (Å²) in [5.41, 5.74) is 5.42. The molecule has 2 aliphatic rings. The molecule has 0 spiro atoms. The maximum atomic E-state index is 11.9. The molecule has 8 heteroatoms. The Balaban J connectivity index is 1.63. The lowest BCUT2D eigenvalue weighted by molar-refractivity contribution is 0.105. The van der Waals surface area contributed by atoms with Crippen LogP contribution < -0.4 is 4.90 Å². The number of fused-ring (bicyclic) bond motifs is 1. The Hall–Kier alpha value is -3.34. The minimum Gasteiger partial charge on any atom is -0.450 e. The zero-order chi connectivity index (χ0) is 19.7. The largest absolute Gasteiger partial charge is 0.450 e. The van der Waals surface area contributed by atoms with Crippen LogP contribution in [0.15, 0.2) is 24.7 Å². The topological polar surface area (TPSA) is 87.3 Å². The lowest BCUT2D eigenvalue weighted by atomic mass is 10.0.